The lowest BCUT2D eigenvalue weighted by molar-refractivity contribution is -0.131. The number of carbonyl (C=O) groups excluding carboxylic acids is 2. The molecule has 0 spiro atoms. The quantitative estimate of drug-likeness (QED) is 0.818. The molecule has 0 radical (unpaired) electrons. The molecule has 5 heteroatoms. The van der Waals surface area contributed by atoms with Crippen molar-refractivity contribution in [1.82, 2.24) is 0 Å². The van der Waals surface area contributed by atoms with E-state index in [0.717, 1.165) is 16.8 Å². The Balaban J connectivity index is 1.74. The van der Waals surface area contributed by atoms with Crippen LogP contribution >= 0.6 is 0 Å². The van der Waals surface area contributed by atoms with Crippen LogP contribution in [0.5, 0.6) is 5.75 Å². The highest BCUT2D eigenvalue weighted by Gasteiger charge is 2.56. The van der Waals surface area contributed by atoms with Crippen molar-refractivity contribution in [3.05, 3.63) is 53.6 Å². The summed E-state index contributed by atoms with van der Waals surface area (Å²) in [5, 5.41) is 5.73. The molecule has 1 aliphatic carbocycles. The Bertz CT molecular complexity index is 825. The van der Waals surface area contributed by atoms with Crippen LogP contribution in [0.3, 0.4) is 0 Å². The Labute approximate surface area is 147 Å². The van der Waals surface area contributed by atoms with Gasteiger partial charge in [-0.05, 0) is 50.5 Å². The summed E-state index contributed by atoms with van der Waals surface area (Å²) in [6.45, 7) is 3.94. The summed E-state index contributed by atoms with van der Waals surface area (Å²) >= 11 is 0. The lowest BCUT2D eigenvalue weighted by Gasteiger charge is -2.17. The van der Waals surface area contributed by atoms with Gasteiger partial charge in [0.25, 0.3) is 0 Å². The molecular weight excluding hydrogens is 316 g/mol. The molecule has 25 heavy (non-hydrogen) atoms. The van der Waals surface area contributed by atoms with E-state index in [0.29, 0.717) is 24.3 Å². The fourth-order valence-electron chi connectivity index (χ4n) is 2.87. The predicted molar refractivity (Wildman–Crippen MR) is 97.8 cm³/mol. The minimum absolute atomic E-state index is 0.258. The van der Waals surface area contributed by atoms with E-state index in [1.807, 2.05) is 44.2 Å². The largest absolute Gasteiger partial charge is 0.495 e. The number of methoxy groups -OCH3 is 1. The van der Waals surface area contributed by atoms with E-state index in [9.17, 15) is 9.59 Å². The summed E-state index contributed by atoms with van der Waals surface area (Å²) in [4.78, 5) is 25.4. The molecule has 0 aliphatic heterocycles. The third-order valence-corrected chi connectivity index (χ3v) is 4.60. The Morgan fingerprint density at radius 3 is 2.20 bits per heavy atom. The average Bonchev–Trinajstić information content (AvgIpc) is 3.40. The number of aryl methyl sites for hydroxylation is 2. The van der Waals surface area contributed by atoms with Crippen molar-refractivity contribution in [3.63, 3.8) is 0 Å². The molecule has 130 valence electrons. The number of rotatable bonds is 5. The summed E-state index contributed by atoms with van der Waals surface area (Å²) in [6, 6.07) is 13.0. The van der Waals surface area contributed by atoms with Gasteiger partial charge in [0.1, 0.15) is 11.2 Å². The van der Waals surface area contributed by atoms with E-state index >= 15 is 0 Å². The summed E-state index contributed by atoms with van der Waals surface area (Å²) in [5.41, 5.74) is 2.42. The van der Waals surface area contributed by atoms with Gasteiger partial charge in [0.15, 0.2) is 0 Å². The number of anilines is 2. The summed E-state index contributed by atoms with van der Waals surface area (Å²) in [6.07, 6.45) is 1.09. The molecule has 1 saturated carbocycles. The number of benzene rings is 2. The highest BCUT2D eigenvalue weighted by molar-refractivity contribution is 6.17. The van der Waals surface area contributed by atoms with E-state index < -0.39 is 5.41 Å². The molecule has 0 aromatic heterocycles. The van der Waals surface area contributed by atoms with Crippen molar-refractivity contribution < 1.29 is 14.3 Å². The first-order chi connectivity index (χ1) is 12.0. The van der Waals surface area contributed by atoms with Gasteiger partial charge in [-0.15, -0.1) is 0 Å². The minimum atomic E-state index is -1.00. The first-order valence-corrected chi connectivity index (χ1v) is 8.29. The first kappa shape index (κ1) is 17.0. The Morgan fingerprint density at radius 2 is 1.60 bits per heavy atom. The van der Waals surface area contributed by atoms with Crippen LogP contribution in [0.15, 0.2) is 42.5 Å². The van der Waals surface area contributed by atoms with Gasteiger partial charge in [-0.2, -0.15) is 0 Å². The minimum Gasteiger partial charge on any atom is -0.495 e. The lowest BCUT2D eigenvalue weighted by atomic mass is 10.0. The van der Waals surface area contributed by atoms with Crippen LogP contribution in [0.25, 0.3) is 0 Å². The molecule has 1 fully saturated rings. The van der Waals surface area contributed by atoms with Crippen LogP contribution in [0.1, 0.15) is 24.0 Å². The molecule has 0 saturated heterocycles. The van der Waals surface area contributed by atoms with Crippen LogP contribution in [0, 0.1) is 19.3 Å². The number of ether oxygens (including phenoxy) is 1. The van der Waals surface area contributed by atoms with E-state index in [2.05, 4.69) is 10.6 Å². The molecular formula is C20H22N2O3. The van der Waals surface area contributed by atoms with Gasteiger partial charge in [-0.25, -0.2) is 0 Å². The second-order valence-corrected chi connectivity index (χ2v) is 6.51. The number of nitrogens with one attached hydrogen (secondary N) is 2. The zero-order chi connectivity index (χ0) is 18.0. The molecule has 1 aliphatic rings. The molecule has 0 bridgehead atoms. The van der Waals surface area contributed by atoms with Crippen molar-refractivity contribution in [2.75, 3.05) is 17.7 Å². The van der Waals surface area contributed by atoms with Gasteiger partial charge in [0.05, 0.1) is 12.8 Å². The number of hydrogen-bond donors (Lipinski definition) is 2. The Kier molecular flexibility index (Phi) is 4.49. The molecule has 0 atom stereocenters. The van der Waals surface area contributed by atoms with Crippen LogP contribution in [0.4, 0.5) is 11.4 Å². The third-order valence-electron chi connectivity index (χ3n) is 4.60. The zero-order valence-electron chi connectivity index (χ0n) is 14.7. The molecule has 2 amide bonds. The number of hydrogen-bond acceptors (Lipinski definition) is 3. The van der Waals surface area contributed by atoms with Gasteiger partial charge in [0.2, 0.25) is 11.8 Å². The maximum atomic E-state index is 12.7. The number of para-hydroxylation sites is 2. The molecule has 2 aromatic rings. The van der Waals surface area contributed by atoms with Gasteiger partial charge in [0, 0.05) is 5.69 Å². The van der Waals surface area contributed by atoms with Gasteiger partial charge < -0.3 is 15.4 Å². The molecule has 3 rings (SSSR count). The van der Waals surface area contributed by atoms with Gasteiger partial charge >= 0.3 is 0 Å². The highest BCUT2D eigenvalue weighted by Crippen LogP contribution is 2.48. The SMILES string of the molecule is COc1ccccc1NC(=O)C1(C(=O)Nc2ccc(C)cc2C)CC1. The van der Waals surface area contributed by atoms with Crippen molar-refractivity contribution in [1.29, 1.82) is 0 Å². The van der Waals surface area contributed by atoms with Crippen LogP contribution in [-0.4, -0.2) is 18.9 Å². The second kappa shape index (κ2) is 6.59. The maximum absolute atomic E-state index is 12.7. The van der Waals surface area contributed by atoms with Crippen molar-refractivity contribution in [2.24, 2.45) is 5.41 Å². The van der Waals surface area contributed by atoms with E-state index in [-0.39, 0.29) is 11.8 Å². The predicted octanol–water partition coefficient (Wildman–Crippen LogP) is 3.67. The standard InChI is InChI=1S/C20H22N2O3/c1-13-8-9-15(14(2)12-13)21-18(23)20(10-11-20)19(24)22-16-6-4-5-7-17(16)25-3/h4-9,12H,10-11H2,1-3H3,(H,21,23)(H,22,24). The fourth-order valence-corrected chi connectivity index (χ4v) is 2.87. The van der Waals surface area contributed by atoms with Gasteiger partial charge in [-0.1, -0.05) is 29.8 Å². The van der Waals surface area contributed by atoms with E-state index in [4.69, 9.17) is 4.74 Å². The van der Waals surface area contributed by atoms with Gasteiger partial charge in [-0.3, -0.25) is 9.59 Å². The smallest absolute Gasteiger partial charge is 0.240 e. The van der Waals surface area contributed by atoms with Crippen molar-refractivity contribution in [2.45, 2.75) is 26.7 Å². The van der Waals surface area contributed by atoms with Crippen molar-refractivity contribution in [3.8, 4) is 5.75 Å². The summed E-state index contributed by atoms with van der Waals surface area (Å²) < 4.78 is 5.25. The Morgan fingerprint density at radius 1 is 0.960 bits per heavy atom. The summed E-state index contributed by atoms with van der Waals surface area (Å²) in [5.74, 6) is 0.0209. The van der Waals surface area contributed by atoms with E-state index in [1.165, 1.54) is 0 Å². The molecule has 2 aromatic carbocycles. The average molecular weight is 338 g/mol. The van der Waals surface area contributed by atoms with Crippen molar-refractivity contribution >= 4 is 23.2 Å². The highest BCUT2D eigenvalue weighted by atomic mass is 16.5. The van der Waals surface area contributed by atoms with Crippen LogP contribution < -0.4 is 15.4 Å². The second-order valence-electron chi connectivity index (χ2n) is 6.51. The number of amides is 2. The van der Waals surface area contributed by atoms with E-state index in [1.54, 1.807) is 19.2 Å². The normalized spacial score (nSPS) is 14.5. The topological polar surface area (TPSA) is 67.4 Å². The molecule has 0 heterocycles. The molecule has 5 nitrogen and oxygen atoms in total. The van der Waals surface area contributed by atoms with Crippen LogP contribution in [0.2, 0.25) is 0 Å². The monoisotopic (exact) mass is 338 g/mol. The zero-order valence-corrected chi connectivity index (χ0v) is 14.7. The molecule has 2 N–H and O–H groups in total. The lowest BCUT2D eigenvalue weighted by Crippen LogP contribution is -2.35. The first-order valence-electron chi connectivity index (χ1n) is 8.29. The number of carbonyl (C=O) groups is 2. The fraction of sp³-hybridized carbons (Fsp3) is 0.300. The maximum Gasteiger partial charge on any atom is 0.240 e. The summed E-state index contributed by atoms with van der Waals surface area (Å²) in [7, 11) is 1.55. The van der Waals surface area contributed by atoms with Crippen LogP contribution in [-0.2, 0) is 9.59 Å². The molecule has 0 unspecified atom stereocenters. The Hall–Kier alpha value is -2.82. The third kappa shape index (κ3) is 3.36.